The molecule has 6 nitrogen and oxygen atoms in total. The topological polar surface area (TPSA) is 61.4 Å². The fourth-order valence-corrected chi connectivity index (χ4v) is 2.31. The molecule has 0 bridgehead atoms. The number of aryl methyl sites for hydroxylation is 1. The smallest absolute Gasteiger partial charge is 0.278 e. The van der Waals surface area contributed by atoms with Gasteiger partial charge in [-0.15, -0.1) is 0 Å². The maximum Gasteiger partial charge on any atom is 0.278 e. The van der Waals surface area contributed by atoms with Crippen molar-refractivity contribution in [2.75, 3.05) is 43.9 Å². The minimum atomic E-state index is -0.143. The predicted octanol–water partition coefficient (Wildman–Crippen LogP) is 2.43. The van der Waals surface area contributed by atoms with Crippen LogP contribution in [0.15, 0.2) is 36.7 Å². The van der Waals surface area contributed by atoms with E-state index in [1.807, 2.05) is 52.2 Å². The van der Waals surface area contributed by atoms with Crippen LogP contribution in [0.25, 0.3) is 0 Å². The molecule has 1 heterocycles. The van der Waals surface area contributed by atoms with E-state index in [9.17, 15) is 4.79 Å². The Kier molecular flexibility index (Phi) is 6.26. The molecule has 0 unspecified atom stereocenters. The molecule has 0 radical (unpaired) electrons. The highest BCUT2D eigenvalue weighted by atomic mass is 16.2. The number of nitrogens with zero attached hydrogens (tertiary/aromatic N) is 4. The van der Waals surface area contributed by atoms with E-state index >= 15 is 0 Å². The first-order chi connectivity index (χ1) is 11.5. The van der Waals surface area contributed by atoms with E-state index < -0.39 is 0 Å². The van der Waals surface area contributed by atoms with Gasteiger partial charge < -0.3 is 15.1 Å². The normalized spacial score (nSPS) is 10.7. The van der Waals surface area contributed by atoms with Crippen molar-refractivity contribution >= 4 is 17.4 Å². The van der Waals surface area contributed by atoms with Crippen LogP contribution in [0.5, 0.6) is 0 Å². The Morgan fingerprint density at radius 1 is 1.21 bits per heavy atom. The van der Waals surface area contributed by atoms with Gasteiger partial charge in [0.15, 0.2) is 0 Å². The molecule has 1 aromatic carbocycles. The van der Waals surface area contributed by atoms with Gasteiger partial charge in [-0.2, -0.15) is 0 Å². The Hall–Kier alpha value is -2.47. The summed E-state index contributed by atoms with van der Waals surface area (Å²) in [6.45, 7) is 6.21. The number of anilines is 2. The molecule has 0 saturated heterocycles. The standard InChI is InChI=1S/C18H25N5O/c1-5-23(15-8-6-7-14(2)11-15)18(24)16-12-21-17(13-20-16)19-9-10-22(3)4/h6-8,11-13H,5,9-10H2,1-4H3,(H,19,21). The number of amides is 1. The molecule has 24 heavy (non-hydrogen) atoms. The second kappa shape index (κ2) is 8.40. The zero-order valence-corrected chi connectivity index (χ0v) is 14.8. The van der Waals surface area contributed by atoms with Crippen LogP contribution in [-0.2, 0) is 0 Å². The molecular formula is C18H25N5O. The molecule has 0 aliphatic rings. The summed E-state index contributed by atoms with van der Waals surface area (Å²) in [6, 6.07) is 7.88. The summed E-state index contributed by atoms with van der Waals surface area (Å²) in [5.41, 5.74) is 2.33. The number of likely N-dealkylation sites (N-methyl/N-ethyl adjacent to an activating group) is 1. The van der Waals surface area contributed by atoms with E-state index in [4.69, 9.17) is 0 Å². The molecule has 128 valence electrons. The summed E-state index contributed by atoms with van der Waals surface area (Å²) in [5.74, 6) is 0.530. The number of hydrogen-bond acceptors (Lipinski definition) is 5. The van der Waals surface area contributed by atoms with Gasteiger partial charge in [0.2, 0.25) is 0 Å². The van der Waals surface area contributed by atoms with Crippen LogP contribution in [0.3, 0.4) is 0 Å². The van der Waals surface area contributed by atoms with Crippen LogP contribution in [0.4, 0.5) is 11.5 Å². The first kappa shape index (κ1) is 17.9. The molecule has 2 rings (SSSR count). The molecule has 6 heteroatoms. The summed E-state index contributed by atoms with van der Waals surface area (Å²) in [5, 5.41) is 3.18. The highest BCUT2D eigenvalue weighted by Crippen LogP contribution is 2.18. The van der Waals surface area contributed by atoms with Gasteiger partial charge in [0.1, 0.15) is 11.5 Å². The number of carbonyl (C=O) groups is 1. The molecule has 0 saturated carbocycles. The zero-order valence-electron chi connectivity index (χ0n) is 14.8. The summed E-state index contributed by atoms with van der Waals surface area (Å²) in [7, 11) is 4.03. The van der Waals surface area contributed by atoms with Crippen LogP contribution >= 0.6 is 0 Å². The van der Waals surface area contributed by atoms with Crippen LogP contribution < -0.4 is 10.2 Å². The summed E-state index contributed by atoms with van der Waals surface area (Å²) in [6.07, 6.45) is 3.13. The van der Waals surface area contributed by atoms with Gasteiger partial charge in [0.05, 0.1) is 12.4 Å². The van der Waals surface area contributed by atoms with Crippen molar-refractivity contribution in [1.82, 2.24) is 14.9 Å². The number of carbonyl (C=O) groups excluding carboxylic acids is 1. The Labute approximate surface area is 143 Å². The molecule has 0 spiro atoms. The van der Waals surface area contributed by atoms with E-state index in [0.717, 1.165) is 24.3 Å². The largest absolute Gasteiger partial charge is 0.368 e. The Bertz CT molecular complexity index is 669. The number of benzene rings is 1. The van der Waals surface area contributed by atoms with Gasteiger partial charge in [0, 0.05) is 25.3 Å². The maximum atomic E-state index is 12.7. The van der Waals surface area contributed by atoms with Crippen molar-refractivity contribution < 1.29 is 4.79 Å². The fourth-order valence-electron chi connectivity index (χ4n) is 2.31. The lowest BCUT2D eigenvalue weighted by atomic mass is 10.2. The van der Waals surface area contributed by atoms with Gasteiger partial charge >= 0.3 is 0 Å². The number of nitrogens with one attached hydrogen (secondary N) is 1. The fraction of sp³-hybridized carbons (Fsp3) is 0.389. The van der Waals surface area contributed by atoms with Crippen LogP contribution in [0, 0.1) is 6.92 Å². The Morgan fingerprint density at radius 3 is 2.58 bits per heavy atom. The predicted molar refractivity (Wildman–Crippen MR) is 97.6 cm³/mol. The van der Waals surface area contributed by atoms with Crippen molar-refractivity contribution in [2.45, 2.75) is 13.8 Å². The molecule has 0 atom stereocenters. The second-order valence-corrected chi connectivity index (χ2v) is 5.91. The number of rotatable bonds is 7. The average Bonchev–Trinajstić information content (AvgIpc) is 2.56. The van der Waals surface area contributed by atoms with Crippen molar-refractivity contribution in [3.05, 3.63) is 47.9 Å². The van der Waals surface area contributed by atoms with Crippen LogP contribution in [-0.4, -0.2) is 54.5 Å². The lowest BCUT2D eigenvalue weighted by Crippen LogP contribution is -2.31. The van der Waals surface area contributed by atoms with E-state index in [0.29, 0.717) is 18.1 Å². The molecule has 0 aliphatic carbocycles. The summed E-state index contributed by atoms with van der Waals surface area (Å²) >= 11 is 0. The van der Waals surface area contributed by atoms with Gasteiger partial charge in [0.25, 0.3) is 5.91 Å². The SMILES string of the molecule is CCN(C(=O)c1cnc(NCCN(C)C)cn1)c1cccc(C)c1. The lowest BCUT2D eigenvalue weighted by molar-refractivity contribution is 0.0983. The number of aromatic nitrogens is 2. The second-order valence-electron chi connectivity index (χ2n) is 5.91. The van der Waals surface area contributed by atoms with E-state index in [2.05, 4.69) is 20.2 Å². The Balaban J connectivity index is 2.08. The lowest BCUT2D eigenvalue weighted by Gasteiger charge is -2.21. The quantitative estimate of drug-likeness (QED) is 0.846. The minimum absolute atomic E-state index is 0.143. The highest BCUT2D eigenvalue weighted by molar-refractivity contribution is 6.04. The average molecular weight is 327 g/mol. The minimum Gasteiger partial charge on any atom is -0.368 e. The van der Waals surface area contributed by atoms with E-state index in [1.54, 1.807) is 11.1 Å². The van der Waals surface area contributed by atoms with Gasteiger partial charge in [-0.3, -0.25) is 4.79 Å². The van der Waals surface area contributed by atoms with Gasteiger partial charge in [-0.1, -0.05) is 12.1 Å². The third-order valence-corrected chi connectivity index (χ3v) is 3.61. The van der Waals surface area contributed by atoms with Crippen molar-refractivity contribution in [1.29, 1.82) is 0 Å². The molecular weight excluding hydrogens is 302 g/mol. The van der Waals surface area contributed by atoms with Crippen molar-refractivity contribution in [2.24, 2.45) is 0 Å². The van der Waals surface area contributed by atoms with Gasteiger partial charge in [-0.05, 0) is 45.6 Å². The zero-order chi connectivity index (χ0) is 17.5. The van der Waals surface area contributed by atoms with E-state index in [1.165, 1.54) is 6.20 Å². The van der Waals surface area contributed by atoms with Crippen molar-refractivity contribution in [3.63, 3.8) is 0 Å². The van der Waals surface area contributed by atoms with Crippen LogP contribution in [0.1, 0.15) is 23.0 Å². The summed E-state index contributed by atoms with van der Waals surface area (Å²) in [4.78, 5) is 25.0. The number of hydrogen-bond donors (Lipinski definition) is 1. The first-order valence-electron chi connectivity index (χ1n) is 8.10. The highest BCUT2D eigenvalue weighted by Gasteiger charge is 2.17. The monoisotopic (exact) mass is 327 g/mol. The van der Waals surface area contributed by atoms with Crippen molar-refractivity contribution in [3.8, 4) is 0 Å². The molecule has 1 aromatic heterocycles. The summed E-state index contributed by atoms with van der Waals surface area (Å²) < 4.78 is 0. The molecule has 1 N–H and O–H groups in total. The third-order valence-electron chi connectivity index (χ3n) is 3.61. The first-order valence-corrected chi connectivity index (χ1v) is 8.10. The third kappa shape index (κ3) is 4.76. The van der Waals surface area contributed by atoms with E-state index in [-0.39, 0.29) is 5.91 Å². The Morgan fingerprint density at radius 2 is 2.00 bits per heavy atom. The van der Waals surface area contributed by atoms with Gasteiger partial charge in [-0.25, -0.2) is 9.97 Å². The maximum absolute atomic E-state index is 12.7. The molecule has 0 aliphatic heterocycles. The van der Waals surface area contributed by atoms with Crippen LogP contribution in [0.2, 0.25) is 0 Å². The molecule has 1 amide bonds. The molecule has 2 aromatic rings. The molecule has 0 fully saturated rings.